The van der Waals surface area contributed by atoms with Crippen LogP contribution in [0.4, 0.5) is 0 Å². The maximum Gasteiger partial charge on any atom is 0.189 e. The Labute approximate surface area is 58.7 Å². The van der Waals surface area contributed by atoms with E-state index in [2.05, 4.69) is 0 Å². The summed E-state index contributed by atoms with van der Waals surface area (Å²) in [6.07, 6.45) is -1.38. The molecule has 1 N–H and O–H groups in total. The number of hydrogen-bond acceptors (Lipinski definition) is 4. The zero-order valence-electron chi connectivity index (χ0n) is 5.69. The van der Waals surface area contributed by atoms with Gasteiger partial charge in [-0.05, 0) is 6.92 Å². The van der Waals surface area contributed by atoms with Gasteiger partial charge in [0.15, 0.2) is 12.6 Å². The minimum atomic E-state index is -0.519. The Hall–Kier alpha value is -0.160. The average Bonchev–Trinajstić information content (AvgIpc) is 2.35. The lowest BCUT2D eigenvalue weighted by Gasteiger charge is -2.07. The van der Waals surface area contributed by atoms with Crippen LogP contribution in [0.2, 0.25) is 0 Å². The van der Waals surface area contributed by atoms with Crippen LogP contribution in [-0.2, 0) is 14.2 Å². The highest BCUT2D eigenvalue weighted by Crippen LogP contribution is 2.27. The Morgan fingerprint density at radius 1 is 1.40 bits per heavy atom. The standard InChI is InChI=1S/C6H10O4/c1-3-9-5-4(7)2-8-6(5)10-3/h3-7H,2H2,1H3/t3?,4-,5+,6+/m0/s1. The van der Waals surface area contributed by atoms with Crippen molar-refractivity contribution in [3.05, 3.63) is 0 Å². The van der Waals surface area contributed by atoms with Crippen LogP contribution in [-0.4, -0.2) is 36.5 Å². The molecule has 2 saturated heterocycles. The summed E-state index contributed by atoms with van der Waals surface area (Å²) >= 11 is 0. The zero-order valence-corrected chi connectivity index (χ0v) is 5.69. The summed E-state index contributed by atoms with van der Waals surface area (Å²) in [6, 6.07) is 0. The molecule has 0 aromatic rings. The number of ether oxygens (including phenoxy) is 3. The quantitative estimate of drug-likeness (QED) is 0.499. The van der Waals surface area contributed by atoms with Crippen molar-refractivity contribution in [3.8, 4) is 0 Å². The number of aliphatic hydroxyl groups is 1. The van der Waals surface area contributed by atoms with Gasteiger partial charge in [0.25, 0.3) is 0 Å². The van der Waals surface area contributed by atoms with Gasteiger partial charge in [-0.3, -0.25) is 0 Å². The third kappa shape index (κ3) is 0.845. The first-order chi connectivity index (χ1) is 4.77. The maximum atomic E-state index is 9.19. The Balaban J connectivity index is 2.05. The number of rotatable bonds is 0. The lowest BCUT2D eigenvalue weighted by molar-refractivity contribution is -0.137. The predicted molar refractivity (Wildman–Crippen MR) is 31.2 cm³/mol. The van der Waals surface area contributed by atoms with Crippen molar-refractivity contribution in [3.63, 3.8) is 0 Å². The van der Waals surface area contributed by atoms with Crippen molar-refractivity contribution in [1.82, 2.24) is 0 Å². The number of hydrogen-bond donors (Lipinski definition) is 1. The normalized spacial score (nSPS) is 53.4. The molecule has 0 aliphatic carbocycles. The lowest BCUT2D eigenvalue weighted by atomic mass is 10.2. The molecule has 0 aromatic heterocycles. The summed E-state index contributed by atoms with van der Waals surface area (Å²) in [7, 11) is 0. The fraction of sp³-hybridized carbons (Fsp3) is 1.00. The van der Waals surface area contributed by atoms with Crippen LogP contribution in [0.5, 0.6) is 0 Å². The van der Waals surface area contributed by atoms with Gasteiger partial charge < -0.3 is 19.3 Å². The molecule has 0 spiro atoms. The van der Waals surface area contributed by atoms with Gasteiger partial charge in [0, 0.05) is 0 Å². The monoisotopic (exact) mass is 146 g/mol. The van der Waals surface area contributed by atoms with Crippen LogP contribution < -0.4 is 0 Å². The molecule has 4 atom stereocenters. The molecule has 1 unspecified atom stereocenters. The van der Waals surface area contributed by atoms with E-state index < -0.39 is 6.10 Å². The van der Waals surface area contributed by atoms with Crippen molar-refractivity contribution in [1.29, 1.82) is 0 Å². The highest BCUT2D eigenvalue weighted by atomic mass is 16.8. The second-order valence-electron chi connectivity index (χ2n) is 2.57. The summed E-state index contributed by atoms with van der Waals surface area (Å²) in [5.74, 6) is 0. The Morgan fingerprint density at radius 2 is 2.20 bits per heavy atom. The summed E-state index contributed by atoms with van der Waals surface area (Å²) in [4.78, 5) is 0. The topological polar surface area (TPSA) is 47.9 Å². The minimum absolute atomic E-state index is 0.245. The van der Waals surface area contributed by atoms with E-state index in [9.17, 15) is 5.11 Å². The molecular weight excluding hydrogens is 136 g/mol. The molecule has 0 bridgehead atoms. The number of fused-ring (bicyclic) bond motifs is 1. The van der Waals surface area contributed by atoms with E-state index >= 15 is 0 Å². The van der Waals surface area contributed by atoms with Gasteiger partial charge in [-0.25, -0.2) is 0 Å². The van der Waals surface area contributed by atoms with E-state index in [1.54, 1.807) is 6.92 Å². The van der Waals surface area contributed by atoms with Crippen LogP contribution >= 0.6 is 0 Å². The summed E-state index contributed by atoms with van der Waals surface area (Å²) in [5.41, 5.74) is 0. The Bertz CT molecular complexity index is 138. The van der Waals surface area contributed by atoms with Gasteiger partial charge in [0.1, 0.15) is 12.2 Å². The fourth-order valence-corrected chi connectivity index (χ4v) is 1.28. The van der Waals surface area contributed by atoms with Crippen molar-refractivity contribution in [2.75, 3.05) is 6.61 Å². The molecule has 4 nitrogen and oxygen atoms in total. The molecule has 0 amide bonds. The lowest BCUT2D eigenvalue weighted by Crippen LogP contribution is -2.27. The third-order valence-electron chi connectivity index (χ3n) is 1.75. The molecule has 2 fully saturated rings. The van der Waals surface area contributed by atoms with Crippen molar-refractivity contribution < 1.29 is 19.3 Å². The van der Waals surface area contributed by atoms with Gasteiger partial charge >= 0.3 is 0 Å². The Morgan fingerprint density at radius 3 is 2.90 bits per heavy atom. The van der Waals surface area contributed by atoms with Crippen LogP contribution in [0.1, 0.15) is 6.92 Å². The Kier molecular flexibility index (Phi) is 1.42. The van der Waals surface area contributed by atoms with Gasteiger partial charge in [-0.15, -0.1) is 0 Å². The summed E-state index contributed by atoms with van der Waals surface area (Å²) < 4.78 is 15.4. The molecule has 10 heavy (non-hydrogen) atoms. The van der Waals surface area contributed by atoms with Crippen LogP contribution in [0.3, 0.4) is 0 Å². The first-order valence-electron chi connectivity index (χ1n) is 3.38. The second kappa shape index (κ2) is 2.17. The van der Waals surface area contributed by atoms with E-state index in [0.29, 0.717) is 6.61 Å². The molecule has 0 saturated carbocycles. The summed E-state index contributed by atoms with van der Waals surface area (Å²) in [5, 5.41) is 9.19. The third-order valence-corrected chi connectivity index (χ3v) is 1.75. The largest absolute Gasteiger partial charge is 0.388 e. The van der Waals surface area contributed by atoms with Crippen LogP contribution in [0.15, 0.2) is 0 Å². The maximum absolute atomic E-state index is 9.19. The smallest absolute Gasteiger partial charge is 0.189 e. The number of aliphatic hydroxyl groups excluding tert-OH is 1. The minimum Gasteiger partial charge on any atom is -0.388 e. The molecule has 2 aliphatic rings. The first-order valence-corrected chi connectivity index (χ1v) is 3.38. The molecule has 2 aliphatic heterocycles. The van der Waals surface area contributed by atoms with Crippen molar-refractivity contribution >= 4 is 0 Å². The molecular formula is C6H10O4. The van der Waals surface area contributed by atoms with E-state index in [1.165, 1.54) is 0 Å². The van der Waals surface area contributed by atoms with Crippen molar-refractivity contribution in [2.24, 2.45) is 0 Å². The molecule has 58 valence electrons. The van der Waals surface area contributed by atoms with Crippen LogP contribution in [0.25, 0.3) is 0 Å². The van der Waals surface area contributed by atoms with E-state index in [0.717, 1.165) is 0 Å². The second-order valence-corrected chi connectivity index (χ2v) is 2.57. The molecule has 2 heterocycles. The average molecular weight is 146 g/mol. The van der Waals surface area contributed by atoms with Gasteiger partial charge in [0.05, 0.1) is 6.61 Å². The zero-order chi connectivity index (χ0) is 7.14. The van der Waals surface area contributed by atoms with Crippen LogP contribution in [0, 0.1) is 0 Å². The first kappa shape index (κ1) is 6.54. The van der Waals surface area contributed by atoms with E-state index in [-0.39, 0.29) is 18.7 Å². The highest BCUT2D eigenvalue weighted by molar-refractivity contribution is 4.82. The molecule has 0 aromatic carbocycles. The molecule has 2 rings (SSSR count). The fourth-order valence-electron chi connectivity index (χ4n) is 1.28. The van der Waals surface area contributed by atoms with Gasteiger partial charge in [0.2, 0.25) is 0 Å². The highest BCUT2D eigenvalue weighted by Gasteiger charge is 2.44. The summed E-state index contributed by atoms with van der Waals surface area (Å²) in [6.45, 7) is 2.11. The van der Waals surface area contributed by atoms with Crippen molar-refractivity contribution in [2.45, 2.75) is 31.7 Å². The van der Waals surface area contributed by atoms with E-state index in [1.807, 2.05) is 0 Å². The molecule has 0 radical (unpaired) electrons. The van der Waals surface area contributed by atoms with E-state index in [4.69, 9.17) is 14.2 Å². The molecule has 4 heteroatoms. The predicted octanol–water partition coefficient (Wildman–Crippen LogP) is -0.535. The SMILES string of the molecule is CC1O[C@H]2OC[C@H](O)[C@H]2O1. The van der Waals surface area contributed by atoms with Gasteiger partial charge in [-0.1, -0.05) is 0 Å². The van der Waals surface area contributed by atoms with Gasteiger partial charge in [-0.2, -0.15) is 0 Å².